The molecule has 0 spiro atoms. The van der Waals surface area contributed by atoms with Gasteiger partial charge >= 0.3 is 0 Å². The highest BCUT2D eigenvalue weighted by Crippen LogP contribution is 2.32. The number of hydrogen-bond acceptors (Lipinski definition) is 5. The average molecular weight is 450 g/mol. The first-order chi connectivity index (χ1) is 13.7. The van der Waals surface area contributed by atoms with E-state index < -0.39 is 19.5 Å². The van der Waals surface area contributed by atoms with E-state index in [0.717, 1.165) is 58.7 Å². The highest BCUT2D eigenvalue weighted by atomic mass is 28.2. The third-order valence-electron chi connectivity index (χ3n) is 5.86. The lowest BCUT2D eigenvalue weighted by atomic mass is 9.93. The summed E-state index contributed by atoms with van der Waals surface area (Å²) in [6, 6.07) is 0. The van der Waals surface area contributed by atoms with Crippen LogP contribution < -0.4 is 0 Å². The monoisotopic (exact) mass is 449 g/mol. The molecule has 0 aromatic carbocycles. The van der Waals surface area contributed by atoms with Crippen LogP contribution in [0.15, 0.2) is 0 Å². The molecule has 0 heterocycles. The van der Waals surface area contributed by atoms with Crippen molar-refractivity contribution in [3.05, 3.63) is 0 Å². The maximum atomic E-state index is 6.42. The number of rotatable bonds is 19. The van der Waals surface area contributed by atoms with Crippen LogP contribution >= 0.6 is 0 Å². The summed E-state index contributed by atoms with van der Waals surface area (Å²) in [5.74, 6) is 0. The minimum atomic E-state index is -0.802. The minimum absolute atomic E-state index is 0.125. The van der Waals surface area contributed by atoms with Gasteiger partial charge in [0, 0.05) is 37.5 Å². The van der Waals surface area contributed by atoms with Crippen molar-refractivity contribution in [3.63, 3.8) is 0 Å². The van der Waals surface area contributed by atoms with E-state index in [0.29, 0.717) is 0 Å². The summed E-state index contributed by atoms with van der Waals surface area (Å²) in [7, 11) is -1.60. The largest absolute Gasteiger partial charge is 0.422 e. The Labute approximate surface area is 186 Å². The third kappa shape index (κ3) is 9.93. The molecule has 0 saturated heterocycles. The molecule has 0 rings (SSSR count). The van der Waals surface area contributed by atoms with Gasteiger partial charge in [-0.1, -0.05) is 33.6 Å². The Morgan fingerprint density at radius 1 is 0.690 bits per heavy atom. The van der Waals surface area contributed by atoms with Gasteiger partial charge in [-0.3, -0.25) is 4.90 Å². The predicted molar refractivity (Wildman–Crippen MR) is 130 cm³/mol. The van der Waals surface area contributed by atoms with Crippen LogP contribution in [0.3, 0.4) is 0 Å². The van der Waals surface area contributed by atoms with Crippen molar-refractivity contribution in [2.75, 3.05) is 33.0 Å². The van der Waals surface area contributed by atoms with Crippen molar-refractivity contribution in [2.24, 2.45) is 0 Å². The van der Waals surface area contributed by atoms with Crippen molar-refractivity contribution in [1.82, 2.24) is 4.90 Å². The van der Waals surface area contributed by atoms with Crippen molar-refractivity contribution in [2.45, 2.75) is 111 Å². The molecule has 29 heavy (non-hydrogen) atoms. The number of nitrogens with zero attached hydrogens (tertiary/aromatic N) is 1. The first-order valence-electron chi connectivity index (χ1n) is 11.9. The van der Waals surface area contributed by atoms with E-state index >= 15 is 0 Å². The van der Waals surface area contributed by atoms with Gasteiger partial charge in [0.25, 0.3) is 0 Å². The van der Waals surface area contributed by atoms with Gasteiger partial charge in [0.15, 0.2) is 19.5 Å². The molecule has 5 nitrogen and oxygen atoms in total. The molecule has 0 radical (unpaired) electrons. The summed E-state index contributed by atoms with van der Waals surface area (Å²) in [6.45, 7) is 24.2. The van der Waals surface area contributed by atoms with Gasteiger partial charge in [-0.2, -0.15) is 0 Å². The molecule has 0 aliphatic carbocycles. The normalized spacial score (nSPS) is 15.9. The average Bonchev–Trinajstić information content (AvgIpc) is 2.66. The van der Waals surface area contributed by atoms with E-state index in [1.165, 1.54) is 0 Å². The van der Waals surface area contributed by atoms with Gasteiger partial charge in [0.1, 0.15) is 0 Å². The van der Waals surface area contributed by atoms with Crippen molar-refractivity contribution in [1.29, 1.82) is 0 Å². The van der Waals surface area contributed by atoms with Crippen LogP contribution in [0.4, 0.5) is 0 Å². The molecule has 0 aliphatic heterocycles. The van der Waals surface area contributed by atoms with Gasteiger partial charge in [-0.05, 0) is 60.9 Å². The van der Waals surface area contributed by atoms with Crippen molar-refractivity contribution >= 4 is 19.5 Å². The summed E-state index contributed by atoms with van der Waals surface area (Å²) >= 11 is 0. The van der Waals surface area contributed by atoms with Crippen LogP contribution in [0.2, 0.25) is 0 Å². The summed E-state index contributed by atoms with van der Waals surface area (Å²) in [5.41, 5.74) is 0.0531. The minimum Gasteiger partial charge on any atom is -0.422 e. The molecular formula is C22H51NO4Si2. The zero-order valence-corrected chi connectivity index (χ0v) is 23.8. The first-order valence-corrected chi connectivity index (χ1v) is 14.7. The Kier molecular flexibility index (Phi) is 16.1. The Bertz CT molecular complexity index is 363. The first kappa shape index (κ1) is 29.2. The van der Waals surface area contributed by atoms with E-state index in [2.05, 4.69) is 67.2 Å². The number of unbranched alkanes of at least 4 members (excludes halogenated alkanes) is 2. The Morgan fingerprint density at radius 3 is 1.34 bits per heavy atom. The number of likely N-dealkylation sites (N-methyl/N-ethyl adjacent to an activating group) is 1. The van der Waals surface area contributed by atoms with Crippen LogP contribution in [0.1, 0.15) is 88.0 Å². The molecule has 0 aromatic heterocycles. The molecule has 0 aliphatic rings. The summed E-state index contributed by atoms with van der Waals surface area (Å²) in [4.78, 5) is 2.59. The van der Waals surface area contributed by atoms with Gasteiger partial charge in [0.05, 0.1) is 11.5 Å². The lowest BCUT2D eigenvalue weighted by Crippen LogP contribution is -2.67. The fourth-order valence-electron chi connectivity index (χ4n) is 4.01. The SMILES string of the molecule is CCCCOC([SiH2]OCC)C(C)(C)N(CC)C(C)(C)C(OCCCC)[SiH2]OCC. The van der Waals surface area contributed by atoms with Crippen molar-refractivity contribution in [3.8, 4) is 0 Å². The predicted octanol–water partition coefficient (Wildman–Crippen LogP) is 3.39. The molecule has 2 unspecified atom stereocenters. The maximum Gasteiger partial charge on any atom is 0.192 e. The van der Waals surface area contributed by atoms with E-state index in [-0.39, 0.29) is 22.5 Å². The highest BCUT2D eigenvalue weighted by Gasteiger charge is 2.46. The van der Waals surface area contributed by atoms with Crippen LogP contribution in [0.5, 0.6) is 0 Å². The lowest BCUT2D eigenvalue weighted by molar-refractivity contribution is -0.100. The van der Waals surface area contributed by atoms with Gasteiger partial charge in [-0.25, -0.2) is 0 Å². The Hall–Kier alpha value is 0.234. The molecule has 0 amide bonds. The maximum absolute atomic E-state index is 6.42. The van der Waals surface area contributed by atoms with Gasteiger partial charge in [-0.15, -0.1) is 0 Å². The van der Waals surface area contributed by atoms with Crippen LogP contribution in [0.25, 0.3) is 0 Å². The van der Waals surface area contributed by atoms with Crippen LogP contribution in [0, 0.1) is 0 Å². The standard InChI is InChI=1S/C22H51NO4Si2/c1-10-15-17-24-19(28-26-13-4)21(6,7)23(12-3)22(8,9)20(29-27-14-5)25-18-16-11-2/h19-20H,10-18,28-29H2,1-9H3. The molecule has 0 bridgehead atoms. The van der Waals surface area contributed by atoms with E-state index in [9.17, 15) is 0 Å². The molecule has 0 fully saturated rings. The quantitative estimate of drug-likeness (QED) is 0.223. The molecule has 2 atom stereocenters. The number of ether oxygens (including phenoxy) is 2. The lowest BCUT2D eigenvalue weighted by Gasteiger charge is -2.53. The molecule has 7 heteroatoms. The molecule has 176 valence electrons. The smallest absolute Gasteiger partial charge is 0.192 e. The van der Waals surface area contributed by atoms with E-state index in [1.807, 2.05) is 0 Å². The fraction of sp³-hybridized carbons (Fsp3) is 1.00. The zero-order chi connectivity index (χ0) is 22.3. The zero-order valence-electron chi connectivity index (χ0n) is 21.0. The Morgan fingerprint density at radius 2 is 1.07 bits per heavy atom. The van der Waals surface area contributed by atoms with Crippen molar-refractivity contribution < 1.29 is 18.3 Å². The van der Waals surface area contributed by atoms with E-state index in [1.54, 1.807) is 0 Å². The molecule has 0 aromatic rings. The highest BCUT2D eigenvalue weighted by molar-refractivity contribution is 6.30. The summed E-state index contributed by atoms with van der Waals surface area (Å²) in [6.07, 6.45) is 4.50. The topological polar surface area (TPSA) is 40.2 Å². The molecule has 0 saturated carbocycles. The van der Waals surface area contributed by atoms with E-state index in [4.69, 9.17) is 18.3 Å². The van der Waals surface area contributed by atoms with Crippen LogP contribution in [-0.2, 0) is 18.3 Å². The second-order valence-corrected chi connectivity index (χ2v) is 11.8. The van der Waals surface area contributed by atoms with Gasteiger partial charge in [0.2, 0.25) is 0 Å². The second-order valence-electron chi connectivity index (χ2n) is 8.80. The summed E-state index contributed by atoms with van der Waals surface area (Å²) in [5, 5.41) is 0. The second kappa shape index (κ2) is 15.9. The fourth-order valence-corrected chi connectivity index (χ4v) is 6.69. The number of hydrogen-bond donors (Lipinski definition) is 0. The third-order valence-corrected chi connectivity index (χ3v) is 10.2. The Balaban J connectivity index is 5.60. The summed E-state index contributed by atoms with van der Waals surface area (Å²) < 4.78 is 24.8. The molecular weight excluding hydrogens is 398 g/mol. The molecule has 0 N–H and O–H groups in total. The van der Waals surface area contributed by atoms with Crippen LogP contribution in [-0.4, -0.2) is 79.9 Å². The van der Waals surface area contributed by atoms with Gasteiger partial charge < -0.3 is 18.3 Å².